The molecule has 3 rings (SSSR count). The molecule has 1 aromatic carbocycles. The zero-order valence-electron chi connectivity index (χ0n) is 12.5. The first kappa shape index (κ1) is 13.9. The molecule has 2 unspecified atom stereocenters. The van der Waals surface area contributed by atoms with Gasteiger partial charge in [0, 0.05) is 12.7 Å². The minimum atomic E-state index is -0.00474. The molecule has 0 aliphatic carbocycles. The van der Waals surface area contributed by atoms with Gasteiger partial charge in [0.1, 0.15) is 12.7 Å². The predicted octanol–water partition coefficient (Wildman–Crippen LogP) is 1.87. The van der Waals surface area contributed by atoms with E-state index in [1.165, 1.54) is 5.56 Å². The van der Waals surface area contributed by atoms with Gasteiger partial charge in [-0.2, -0.15) is 5.10 Å². The van der Waals surface area contributed by atoms with E-state index in [1.807, 2.05) is 42.2 Å². The molecule has 1 aliphatic rings. The Morgan fingerprint density at radius 3 is 2.90 bits per heavy atom. The Kier molecular flexibility index (Phi) is 4.10. The molecule has 2 aromatic rings. The molecule has 112 valence electrons. The molecule has 1 aliphatic heterocycles. The Bertz CT molecular complexity index is 597. The standard InChI is InChI=1S/C16H21N3O2/c1-3-19-10-12(9-18-19)8-13(17-2)16-11-20-14-6-4-5-7-15(14)21-16/h4-7,9-10,13,16-17H,3,8,11H2,1-2H3. The van der Waals surface area contributed by atoms with Gasteiger partial charge in [-0.05, 0) is 38.1 Å². The highest BCUT2D eigenvalue weighted by Crippen LogP contribution is 2.31. The van der Waals surface area contributed by atoms with Crippen LogP contribution in [0.15, 0.2) is 36.7 Å². The number of aromatic nitrogens is 2. The second-order valence-electron chi connectivity index (χ2n) is 5.22. The van der Waals surface area contributed by atoms with E-state index in [1.54, 1.807) is 0 Å². The average Bonchev–Trinajstić information content (AvgIpc) is 3.00. The van der Waals surface area contributed by atoms with Gasteiger partial charge in [-0.1, -0.05) is 12.1 Å². The van der Waals surface area contributed by atoms with Crippen molar-refractivity contribution in [2.45, 2.75) is 32.0 Å². The maximum absolute atomic E-state index is 6.08. The fourth-order valence-corrected chi connectivity index (χ4v) is 2.59. The molecule has 2 atom stereocenters. The van der Waals surface area contributed by atoms with Crippen LogP contribution in [0, 0.1) is 0 Å². The lowest BCUT2D eigenvalue weighted by atomic mass is 10.0. The fraction of sp³-hybridized carbons (Fsp3) is 0.438. The van der Waals surface area contributed by atoms with E-state index in [-0.39, 0.29) is 12.1 Å². The van der Waals surface area contributed by atoms with Crippen LogP contribution < -0.4 is 14.8 Å². The Balaban J connectivity index is 1.69. The molecule has 0 radical (unpaired) electrons. The zero-order chi connectivity index (χ0) is 14.7. The molecule has 0 saturated heterocycles. The first-order valence-corrected chi connectivity index (χ1v) is 7.37. The second kappa shape index (κ2) is 6.18. The number of benzene rings is 1. The van der Waals surface area contributed by atoms with E-state index >= 15 is 0 Å². The summed E-state index contributed by atoms with van der Waals surface area (Å²) in [5.41, 5.74) is 1.21. The first-order chi connectivity index (χ1) is 10.3. The number of nitrogens with zero attached hydrogens (tertiary/aromatic N) is 2. The summed E-state index contributed by atoms with van der Waals surface area (Å²) in [5.74, 6) is 1.64. The van der Waals surface area contributed by atoms with E-state index in [0.717, 1.165) is 24.5 Å². The van der Waals surface area contributed by atoms with Crippen LogP contribution in [0.2, 0.25) is 0 Å². The summed E-state index contributed by atoms with van der Waals surface area (Å²) in [6, 6.07) is 7.99. The van der Waals surface area contributed by atoms with Crippen molar-refractivity contribution in [3.63, 3.8) is 0 Å². The lowest BCUT2D eigenvalue weighted by Crippen LogP contribution is -2.47. The molecule has 5 nitrogen and oxygen atoms in total. The normalized spacial score (nSPS) is 18.5. The Morgan fingerprint density at radius 1 is 1.38 bits per heavy atom. The number of para-hydroxylation sites is 2. The van der Waals surface area contributed by atoms with E-state index < -0.39 is 0 Å². The SMILES string of the molecule is CCn1cc(CC(NC)C2COc3ccccc3O2)cn1. The Morgan fingerprint density at radius 2 is 2.19 bits per heavy atom. The molecular weight excluding hydrogens is 266 g/mol. The van der Waals surface area contributed by atoms with Crippen molar-refractivity contribution in [1.82, 2.24) is 15.1 Å². The average molecular weight is 287 g/mol. The van der Waals surface area contributed by atoms with Crippen LogP contribution in [-0.4, -0.2) is 35.6 Å². The largest absolute Gasteiger partial charge is 0.486 e. The molecule has 1 N–H and O–H groups in total. The number of aryl methyl sites for hydroxylation is 1. The molecule has 0 amide bonds. The lowest BCUT2D eigenvalue weighted by Gasteiger charge is -2.32. The predicted molar refractivity (Wildman–Crippen MR) is 80.8 cm³/mol. The molecule has 0 fully saturated rings. The van der Waals surface area contributed by atoms with Gasteiger partial charge in [-0.25, -0.2) is 0 Å². The molecule has 0 bridgehead atoms. The number of fused-ring (bicyclic) bond motifs is 1. The number of likely N-dealkylation sites (N-methyl/N-ethyl adjacent to an activating group) is 1. The molecule has 1 aromatic heterocycles. The maximum atomic E-state index is 6.08. The highest BCUT2D eigenvalue weighted by molar-refractivity contribution is 5.40. The van der Waals surface area contributed by atoms with Crippen molar-refractivity contribution in [3.8, 4) is 11.5 Å². The number of hydrogen-bond donors (Lipinski definition) is 1. The van der Waals surface area contributed by atoms with Gasteiger partial charge in [0.25, 0.3) is 0 Å². The summed E-state index contributed by atoms with van der Waals surface area (Å²) in [6.45, 7) is 3.53. The molecule has 0 spiro atoms. The third kappa shape index (κ3) is 3.03. The summed E-state index contributed by atoms with van der Waals surface area (Å²) < 4.78 is 13.8. The van der Waals surface area contributed by atoms with Gasteiger partial charge in [-0.15, -0.1) is 0 Å². The van der Waals surface area contributed by atoms with Crippen LogP contribution in [-0.2, 0) is 13.0 Å². The van der Waals surface area contributed by atoms with Crippen molar-refractivity contribution in [2.75, 3.05) is 13.7 Å². The van der Waals surface area contributed by atoms with E-state index in [0.29, 0.717) is 6.61 Å². The van der Waals surface area contributed by atoms with Gasteiger partial charge in [0.15, 0.2) is 11.5 Å². The summed E-state index contributed by atoms with van der Waals surface area (Å²) in [5, 5.41) is 7.66. The zero-order valence-corrected chi connectivity index (χ0v) is 12.5. The Hall–Kier alpha value is -2.01. The number of hydrogen-bond acceptors (Lipinski definition) is 4. The summed E-state index contributed by atoms with van der Waals surface area (Å²) in [4.78, 5) is 0. The summed E-state index contributed by atoms with van der Waals surface area (Å²) >= 11 is 0. The van der Waals surface area contributed by atoms with Gasteiger partial charge < -0.3 is 14.8 Å². The minimum Gasteiger partial charge on any atom is -0.486 e. The van der Waals surface area contributed by atoms with Gasteiger partial charge >= 0.3 is 0 Å². The van der Waals surface area contributed by atoms with E-state index in [9.17, 15) is 0 Å². The van der Waals surface area contributed by atoms with Gasteiger partial charge in [0.2, 0.25) is 0 Å². The number of ether oxygens (including phenoxy) is 2. The summed E-state index contributed by atoms with van der Waals surface area (Å²) in [6.07, 6.45) is 4.87. The highest BCUT2D eigenvalue weighted by Gasteiger charge is 2.28. The highest BCUT2D eigenvalue weighted by atomic mass is 16.6. The first-order valence-electron chi connectivity index (χ1n) is 7.37. The molecule has 5 heteroatoms. The van der Waals surface area contributed by atoms with Crippen molar-refractivity contribution in [1.29, 1.82) is 0 Å². The van der Waals surface area contributed by atoms with Crippen LogP contribution in [0.5, 0.6) is 11.5 Å². The second-order valence-corrected chi connectivity index (χ2v) is 5.22. The van der Waals surface area contributed by atoms with Crippen LogP contribution in [0.1, 0.15) is 12.5 Å². The molecular formula is C16H21N3O2. The summed E-state index contributed by atoms with van der Waals surface area (Å²) in [7, 11) is 1.96. The van der Waals surface area contributed by atoms with E-state index in [2.05, 4.69) is 23.5 Å². The third-order valence-corrected chi connectivity index (χ3v) is 3.82. The lowest BCUT2D eigenvalue weighted by molar-refractivity contribution is 0.0641. The van der Waals surface area contributed by atoms with Gasteiger partial charge in [-0.3, -0.25) is 4.68 Å². The van der Waals surface area contributed by atoms with Crippen molar-refractivity contribution >= 4 is 0 Å². The number of nitrogens with one attached hydrogen (secondary N) is 1. The van der Waals surface area contributed by atoms with Crippen molar-refractivity contribution in [2.24, 2.45) is 0 Å². The number of rotatable bonds is 5. The Labute approximate surface area is 124 Å². The maximum Gasteiger partial charge on any atom is 0.161 e. The fourth-order valence-electron chi connectivity index (χ4n) is 2.59. The molecule has 2 heterocycles. The van der Waals surface area contributed by atoms with Crippen LogP contribution in [0.25, 0.3) is 0 Å². The quantitative estimate of drug-likeness (QED) is 0.912. The minimum absolute atomic E-state index is 0.00474. The topological polar surface area (TPSA) is 48.3 Å². The monoisotopic (exact) mass is 287 g/mol. The van der Waals surface area contributed by atoms with Crippen LogP contribution >= 0.6 is 0 Å². The van der Waals surface area contributed by atoms with Crippen LogP contribution in [0.4, 0.5) is 0 Å². The van der Waals surface area contributed by atoms with Crippen LogP contribution in [0.3, 0.4) is 0 Å². The molecule has 21 heavy (non-hydrogen) atoms. The smallest absolute Gasteiger partial charge is 0.161 e. The van der Waals surface area contributed by atoms with Crippen molar-refractivity contribution < 1.29 is 9.47 Å². The van der Waals surface area contributed by atoms with Crippen molar-refractivity contribution in [3.05, 3.63) is 42.2 Å². The third-order valence-electron chi connectivity index (χ3n) is 3.82. The van der Waals surface area contributed by atoms with E-state index in [4.69, 9.17) is 9.47 Å². The molecule has 0 saturated carbocycles. The van der Waals surface area contributed by atoms with Gasteiger partial charge in [0.05, 0.1) is 12.2 Å².